The Morgan fingerprint density at radius 1 is 1.19 bits per heavy atom. The van der Waals surface area contributed by atoms with Gasteiger partial charge in [0.2, 0.25) is 0 Å². The van der Waals surface area contributed by atoms with Crippen molar-refractivity contribution in [1.82, 2.24) is 4.98 Å². The van der Waals surface area contributed by atoms with Crippen LogP contribution in [0.25, 0.3) is 10.9 Å². The fourth-order valence-corrected chi connectivity index (χ4v) is 2.64. The average Bonchev–Trinajstić information content (AvgIpc) is 2.97. The van der Waals surface area contributed by atoms with E-state index in [9.17, 15) is 4.79 Å². The number of carbonyl (C=O) groups excluding carboxylic acids is 1. The lowest BCUT2D eigenvalue weighted by Crippen LogP contribution is -2.00. The minimum Gasteiger partial charge on any atom is -0.464 e. The summed E-state index contributed by atoms with van der Waals surface area (Å²) in [5.41, 5.74) is 3.59. The maximum atomic E-state index is 11.7. The van der Waals surface area contributed by atoms with Crippen LogP contribution in [0.1, 0.15) is 21.6 Å². The summed E-state index contributed by atoms with van der Waals surface area (Å²) < 4.78 is 4.75. The van der Waals surface area contributed by atoms with Crippen LogP contribution in [0.3, 0.4) is 0 Å². The second-order valence-corrected chi connectivity index (χ2v) is 5.24. The predicted octanol–water partition coefficient (Wildman–Crippen LogP) is 4.20. The Kier molecular flexibility index (Phi) is 3.67. The molecule has 3 aromatic rings. The van der Waals surface area contributed by atoms with Gasteiger partial charge in [0.05, 0.1) is 12.6 Å². The van der Waals surface area contributed by atoms with Gasteiger partial charge < -0.3 is 9.72 Å². The van der Waals surface area contributed by atoms with Crippen LogP contribution < -0.4 is 0 Å². The lowest BCUT2D eigenvalue weighted by molar-refractivity contribution is 0.0595. The van der Waals surface area contributed by atoms with Crippen molar-refractivity contribution in [2.24, 2.45) is 0 Å². The molecule has 4 heteroatoms. The van der Waals surface area contributed by atoms with Crippen LogP contribution in [0.15, 0.2) is 48.5 Å². The molecule has 0 fully saturated rings. The number of H-pyrrole nitrogens is 1. The first kappa shape index (κ1) is 13.7. The number of hydrogen-bond acceptors (Lipinski definition) is 2. The molecular formula is C17H14ClNO2. The van der Waals surface area contributed by atoms with Crippen LogP contribution in [0.4, 0.5) is 0 Å². The molecule has 0 amide bonds. The first-order valence-electron chi connectivity index (χ1n) is 6.61. The summed E-state index contributed by atoms with van der Waals surface area (Å²) in [7, 11) is 1.36. The summed E-state index contributed by atoms with van der Waals surface area (Å²) in [6, 6.07) is 15.7. The van der Waals surface area contributed by atoms with Gasteiger partial charge in [-0.05, 0) is 29.7 Å². The third-order valence-corrected chi connectivity index (χ3v) is 3.80. The molecule has 0 spiro atoms. The highest BCUT2D eigenvalue weighted by Crippen LogP contribution is 2.29. The van der Waals surface area contributed by atoms with E-state index in [2.05, 4.69) is 17.1 Å². The van der Waals surface area contributed by atoms with E-state index in [4.69, 9.17) is 16.3 Å². The summed E-state index contributed by atoms with van der Waals surface area (Å²) in [6.07, 6.45) is 0.773. The van der Waals surface area contributed by atoms with E-state index in [1.807, 2.05) is 30.3 Å². The normalized spacial score (nSPS) is 10.8. The summed E-state index contributed by atoms with van der Waals surface area (Å²) in [5.74, 6) is -0.395. The van der Waals surface area contributed by atoms with Crippen molar-refractivity contribution in [2.75, 3.05) is 7.11 Å². The van der Waals surface area contributed by atoms with Crippen LogP contribution in [0, 0.1) is 0 Å². The second kappa shape index (κ2) is 5.62. The molecule has 21 heavy (non-hydrogen) atoms. The quantitative estimate of drug-likeness (QED) is 0.737. The number of fused-ring (bicyclic) bond motifs is 1. The second-order valence-electron chi connectivity index (χ2n) is 4.83. The molecule has 0 aliphatic rings. The van der Waals surface area contributed by atoms with Crippen molar-refractivity contribution in [3.8, 4) is 0 Å². The van der Waals surface area contributed by atoms with Crippen molar-refractivity contribution in [3.63, 3.8) is 0 Å². The Morgan fingerprint density at radius 3 is 2.67 bits per heavy atom. The summed E-state index contributed by atoms with van der Waals surface area (Å²) in [5, 5.41) is 1.46. The van der Waals surface area contributed by atoms with E-state index >= 15 is 0 Å². The van der Waals surface area contributed by atoms with Crippen molar-refractivity contribution >= 4 is 28.5 Å². The van der Waals surface area contributed by atoms with Gasteiger partial charge in [-0.2, -0.15) is 0 Å². The number of aromatic nitrogens is 1. The molecular weight excluding hydrogens is 286 g/mol. The lowest BCUT2D eigenvalue weighted by Gasteiger charge is -2.05. The fraction of sp³-hybridized carbons (Fsp3) is 0.118. The average molecular weight is 300 g/mol. The predicted molar refractivity (Wildman–Crippen MR) is 83.9 cm³/mol. The molecule has 0 aliphatic carbocycles. The summed E-state index contributed by atoms with van der Waals surface area (Å²) in [4.78, 5) is 14.8. The molecule has 0 saturated heterocycles. The highest BCUT2D eigenvalue weighted by molar-refractivity contribution is 6.35. The molecule has 3 rings (SSSR count). The number of carbonyl (C=O) groups is 1. The zero-order valence-corrected chi connectivity index (χ0v) is 12.3. The molecule has 0 unspecified atom stereocenters. The van der Waals surface area contributed by atoms with Crippen molar-refractivity contribution < 1.29 is 9.53 Å². The van der Waals surface area contributed by atoms with E-state index < -0.39 is 5.97 Å². The van der Waals surface area contributed by atoms with E-state index in [0.29, 0.717) is 10.7 Å². The minimum absolute atomic E-state index is 0.395. The third kappa shape index (κ3) is 2.65. The Morgan fingerprint density at radius 2 is 1.95 bits per heavy atom. The molecule has 1 N–H and O–H groups in total. The van der Waals surface area contributed by atoms with E-state index in [1.54, 1.807) is 6.07 Å². The number of ether oxygens (including phenoxy) is 1. The minimum atomic E-state index is -0.395. The Hall–Kier alpha value is -2.26. The van der Waals surface area contributed by atoms with Gasteiger partial charge in [0.1, 0.15) is 5.69 Å². The molecule has 0 bridgehead atoms. The molecule has 0 atom stereocenters. The Balaban J connectivity index is 2.09. The van der Waals surface area contributed by atoms with Gasteiger partial charge >= 0.3 is 5.97 Å². The Labute approximate surface area is 127 Å². The summed E-state index contributed by atoms with van der Waals surface area (Å²) in [6.45, 7) is 0. The highest BCUT2D eigenvalue weighted by atomic mass is 35.5. The van der Waals surface area contributed by atoms with Gasteiger partial charge in [-0.1, -0.05) is 48.0 Å². The van der Waals surface area contributed by atoms with Gasteiger partial charge in [0, 0.05) is 10.4 Å². The van der Waals surface area contributed by atoms with Gasteiger partial charge in [-0.25, -0.2) is 4.79 Å². The first-order valence-corrected chi connectivity index (χ1v) is 6.99. The van der Waals surface area contributed by atoms with Crippen LogP contribution in [0.5, 0.6) is 0 Å². The van der Waals surface area contributed by atoms with Crippen molar-refractivity contribution in [1.29, 1.82) is 0 Å². The standard InChI is InChI=1S/C17H14ClNO2/c1-21-17(20)15-10-13-14(18)8-7-12(16(13)19-15)9-11-5-3-2-4-6-11/h2-8,10,19H,9H2,1H3. The van der Waals surface area contributed by atoms with Crippen LogP contribution in [0.2, 0.25) is 5.02 Å². The number of benzene rings is 2. The molecule has 3 nitrogen and oxygen atoms in total. The Bertz CT molecular complexity index is 793. The monoisotopic (exact) mass is 299 g/mol. The van der Waals surface area contributed by atoms with E-state index in [0.717, 1.165) is 22.9 Å². The first-order chi connectivity index (χ1) is 10.2. The van der Waals surface area contributed by atoms with Crippen LogP contribution in [-0.4, -0.2) is 18.1 Å². The lowest BCUT2D eigenvalue weighted by atomic mass is 10.0. The SMILES string of the molecule is COC(=O)c1cc2c(Cl)ccc(Cc3ccccc3)c2[nH]1. The molecule has 0 radical (unpaired) electrons. The molecule has 0 aliphatic heterocycles. The summed E-state index contributed by atoms with van der Waals surface area (Å²) >= 11 is 6.22. The van der Waals surface area contributed by atoms with Gasteiger partial charge in [-0.3, -0.25) is 0 Å². The third-order valence-electron chi connectivity index (χ3n) is 3.47. The van der Waals surface area contributed by atoms with Gasteiger partial charge in [0.25, 0.3) is 0 Å². The van der Waals surface area contributed by atoms with Gasteiger partial charge in [0.15, 0.2) is 0 Å². The van der Waals surface area contributed by atoms with Gasteiger partial charge in [-0.15, -0.1) is 0 Å². The largest absolute Gasteiger partial charge is 0.464 e. The van der Waals surface area contributed by atoms with Crippen LogP contribution >= 0.6 is 11.6 Å². The van der Waals surface area contributed by atoms with E-state index in [1.165, 1.54) is 12.7 Å². The van der Waals surface area contributed by atoms with Crippen molar-refractivity contribution in [2.45, 2.75) is 6.42 Å². The fourth-order valence-electron chi connectivity index (χ4n) is 2.43. The number of esters is 1. The zero-order valence-electron chi connectivity index (χ0n) is 11.5. The zero-order chi connectivity index (χ0) is 14.8. The number of aromatic amines is 1. The van der Waals surface area contributed by atoms with E-state index in [-0.39, 0.29) is 0 Å². The molecule has 1 heterocycles. The maximum absolute atomic E-state index is 11.7. The topological polar surface area (TPSA) is 42.1 Å². The number of nitrogens with one attached hydrogen (secondary N) is 1. The number of halogens is 1. The smallest absolute Gasteiger partial charge is 0.354 e. The highest BCUT2D eigenvalue weighted by Gasteiger charge is 2.14. The van der Waals surface area contributed by atoms with Crippen LogP contribution in [-0.2, 0) is 11.2 Å². The number of rotatable bonds is 3. The molecule has 106 valence electrons. The molecule has 1 aromatic heterocycles. The maximum Gasteiger partial charge on any atom is 0.354 e. The number of hydrogen-bond donors (Lipinski definition) is 1. The molecule has 2 aromatic carbocycles. The van der Waals surface area contributed by atoms with Crippen molar-refractivity contribution in [3.05, 3.63) is 70.4 Å². The molecule has 0 saturated carbocycles. The number of methoxy groups -OCH3 is 1.